The van der Waals surface area contributed by atoms with Gasteiger partial charge >= 0.3 is 0 Å². The minimum absolute atomic E-state index is 0.211. The summed E-state index contributed by atoms with van der Waals surface area (Å²) < 4.78 is 5.06. The largest absolute Gasteiger partial charge is 0.481 e. The Balaban J connectivity index is 2.85. The number of methoxy groups -OCH3 is 1. The highest BCUT2D eigenvalue weighted by Gasteiger charge is 2.19. The molecule has 96 valence electrons. The Morgan fingerprint density at radius 1 is 1.47 bits per heavy atom. The fourth-order valence-electron chi connectivity index (χ4n) is 1.84. The van der Waals surface area contributed by atoms with Crippen LogP contribution in [-0.4, -0.2) is 36.6 Å². The van der Waals surface area contributed by atoms with E-state index in [1.54, 1.807) is 7.11 Å². The van der Waals surface area contributed by atoms with Crippen LogP contribution >= 0.6 is 0 Å². The topological polar surface area (TPSA) is 51.4 Å². The number of rotatable bonds is 6. The van der Waals surface area contributed by atoms with E-state index in [-0.39, 0.29) is 6.04 Å². The molecular formula is C13H23N3O. The molecule has 0 saturated heterocycles. The van der Waals surface area contributed by atoms with Gasteiger partial charge in [-0.05, 0) is 26.0 Å². The zero-order valence-electron chi connectivity index (χ0n) is 11.2. The lowest BCUT2D eigenvalue weighted by atomic mass is 10.1. The monoisotopic (exact) mass is 237 g/mol. The minimum atomic E-state index is 0.211. The number of pyridine rings is 1. The third-order valence-corrected chi connectivity index (χ3v) is 3.35. The molecule has 4 heteroatoms. The van der Waals surface area contributed by atoms with Gasteiger partial charge in [-0.1, -0.05) is 13.0 Å². The molecule has 1 aromatic heterocycles. The van der Waals surface area contributed by atoms with Crippen LogP contribution in [0, 0.1) is 0 Å². The quantitative estimate of drug-likeness (QED) is 0.820. The van der Waals surface area contributed by atoms with Crippen LogP contribution < -0.4 is 10.5 Å². The first-order chi connectivity index (χ1) is 8.13. The van der Waals surface area contributed by atoms with E-state index in [4.69, 9.17) is 10.5 Å². The lowest BCUT2D eigenvalue weighted by Crippen LogP contribution is -2.36. The van der Waals surface area contributed by atoms with Crippen LogP contribution in [0.2, 0.25) is 0 Å². The summed E-state index contributed by atoms with van der Waals surface area (Å²) in [5, 5.41) is 0. The minimum Gasteiger partial charge on any atom is -0.481 e. The van der Waals surface area contributed by atoms with Crippen molar-refractivity contribution in [1.82, 2.24) is 9.88 Å². The summed E-state index contributed by atoms with van der Waals surface area (Å²) in [6.07, 6.45) is 2.95. The first kappa shape index (κ1) is 13.9. The Labute approximate surface area is 104 Å². The Morgan fingerprint density at radius 3 is 2.59 bits per heavy atom. The molecule has 0 radical (unpaired) electrons. The summed E-state index contributed by atoms with van der Waals surface area (Å²) in [5.41, 5.74) is 7.00. The van der Waals surface area contributed by atoms with E-state index in [1.807, 2.05) is 18.3 Å². The van der Waals surface area contributed by atoms with E-state index in [0.717, 1.165) is 12.0 Å². The van der Waals surface area contributed by atoms with Gasteiger partial charge in [0.1, 0.15) is 0 Å². The number of likely N-dealkylation sites (N-methyl/N-ethyl adjacent to an activating group) is 1. The van der Waals surface area contributed by atoms with Gasteiger partial charge < -0.3 is 10.5 Å². The first-order valence-electron chi connectivity index (χ1n) is 6.06. The fourth-order valence-corrected chi connectivity index (χ4v) is 1.84. The van der Waals surface area contributed by atoms with Gasteiger partial charge in [-0.3, -0.25) is 4.90 Å². The van der Waals surface area contributed by atoms with Gasteiger partial charge in [-0.2, -0.15) is 0 Å². The number of nitrogens with zero attached hydrogens (tertiary/aromatic N) is 2. The molecule has 0 bridgehead atoms. The smallest absolute Gasteiger partial charge is 0.212 e. The highest BCUT2D eigenvalue weighted by Crippen LogP contribution is 2.21. The fraction of sp³-hybridized carbons (Fsp3) is 0.615. The molecule has 2 N–H and O–H groups in total. The van der Waals surface area contributed by atoms with Gasteiger partial charge in [0, 0.05) is 30.9 Å². The van der Waals surface area contributed by atoms with Crippen LogP contribution in [0.15, 0.2) is 18.3 Å². The summed E-state index contributed by atoms with van der Waals surface area (Å²) >= 11 is 0. The van der Waals surface area contributed by atoms with Gasteiger partial charge in [0.2, 0.25) is 5.88 Å². The molecule has 2 atom stereocenters. The summed E-state index contributed by atoms with van der Waals surface area (Å²) in [7, 11) is 3.73. The molecule has 4 nitrogen and oxygen atoms in total. The summed E-state index contributed by atoms with van der Waals surface area (Å²) in [4.78, 5) is 6.52. The van der Waals surface area contributed by atoms with Crippen LogP contribution in [0.25, 0.3) is 0 Å². The Bertz CT molecular complexity index is 326. The average Bonchev–Trinajstić information content (AvgIpc) is 2.39. The highest BCUT2D eigenvalue weighted by molar-refractivity contribution is 5.21. The molecule has 17 heavy (non-hydrogen) atoms. The van der Waals surface area contributed by atoms with Crippen LogP contribution in [0.4, 0.5) is 0 Å². The van der Waals surface area contributed by atoms with Gasteiger partial charge in [-0.25, -0.2) is 4.98 Å². The first-order valence-corrected chi connectivity index (χ1v) is 6.06. The second kappa shape index (κ2) is 6.57. The third kappa shape index (κ3) is 3.41. The molecule has 2 unspecified atom stereocenters. The molecule has 0 aliphatic rings. The van der Waals surface area contributed by atoms with Crippen LogP contribution in [-0.2, 0) is 0 Å². The van der Waals surface area contributed by atoms with Crippen molar-refractivity contribution in [3.63, 3.8) is 0 Å². The second-order valence-corrected chi connectivity index (χ2v) is 4.31. The summed E-state index contributed by atoms with van der Waals surface area (Å²) in [6.45, 7) is 4.98. The van der Waals surface area contributed by atoms with Gasteiger partial charge in [0.15, 0.2) is 0 Å². The Kier molecular flexibility index (Phi) is 5.38. The van der Waals surface area contributed by atoms with Crippen molar-refractivity contribution in [3.05, 3.63) is 23.9 Å². The van der Waals surface area contributed by atoms with E-state index in [9.17, 15) is 0 Å². The standard InChI is InChI=1S/C13H23N3O/c1-5-10(2)16(3)12(8-14)11-6-7-13(17-4)15-9-11/h6-7,9-10,12H,5,8,14H2,1-4H3. The number of hydrogen-bond donors (Lipinski definition) is 1. The molecule has 0 spiro atoms. The maximum Gasteiger partial charge on any atom is 0.212 e. The van der Waals surface area contributed by atoms with Crippen molar-refractivity contribution in [1.29, 1.82) is 0 Å². The van der Waals surface area contributed by atoms with Crippen molar-refractivity contribution >= 4 is 0 Å². The molecule has 1 aromatic rings. The summed E-state index contributed by atoms with van der Waals surface area (Å²) in [5.74, 6) is 0.635. The second-order valence-electron chi connectivity index (χ2n) is 4.31. The maximum atomic E-state index is 5.87. The number of hydrogen-bond acceptors (Lipinski definition) is 4. The predicted molar refractivity (Wildman–Crippen MR) is 70.1 cm³/mol. The van der Waals surface area contributed by atoms with Gasteiger partial charge in [0.05, 0.1) is 7.11 Å². The van der Waals surface area contributed by atoms with Crippen molar-refractivity contribution in [3.8, 4) is 5.88 Å². The van der Waals surface area contributed by atoms with E-state index in [2.05, 4.69) is 30.8 Å². The molecule has 1 rings (SSSR count). The molecule has 0 aromatic carbocycles. The van der Waals surface area contributed by atoms with Crippen molar-refractivity contribution in [2.45, 2.75) is 32.4 Å². The number of nitrogens with two attached hydrogens (primary N) is 1. The van der Waals surface area contributed by atoms with Crippen LogP contribution in [0.5, 0.6) is 5.88 Å². The zero-order chi connectivity index (χ0) is 12.8. The van der Waals surface area contributed by atoms with Gasteiger partial charge in [-0.15, -0.1) is 0 Å². The molecule has 0 aliphatic carbocycles. The molecule has 1 heterocycles. The van der Waals surface area contributed by atoms with Gasteiger partial charge in [0.25, 0.3) is 0 Å². The van der Waals surface area contributed by atoms with E-state index in [0.29, 0.717) is 18.5 Å². The van der Waals surface area contributed by atoms with Crippen LogP contribution in [0.1, 0.15) is 31.9 Å². The molecule has 0 fully saturated rings. The maximum absolute atomic E-state index is 5.87. The van der Waals surface area contributed by atoms with E-state index < -0.39 is 0 Å². The molecule has 0 amide bonds. The highest BCUT2D eigenvalue weighted by atomic mass is 16.5. The average molecular weight is 237 g/mol. The third-order valence-electron chi connectivity index (χ3n) is 3.35. The van der Waals surface area contributed by atoms with Crippen LogP contribution in [0.3, 0.4) is 0 Å². The SMILES string of the molecule is CCC(C)N(C)C(CN)c1ccc(OC)nc1. The normalized spacial score (nSPS) is 14.7. The van der Waals surface area contributed by atoms with Crippen molar-refractivity contribution < 1.29 is 4.74 Å². The summed E-state index contributed by atoms with van der Waals surface area (Å²) in [6, 6.07) is 4.62. The number of aromatic nitrogens is 1. The van der Waals surface area contributed by atoms with Crippen molar-refractivity contribution in [2.24, 2.45) is 5.73 Å². The Morgan fingerprint density at radius 2 is 2.18 bits per heavy atom. The zero-order valence-corrected chi connectivity index (χ0v) is 11.2. The van der Waals surface area contributed by atoms with E-state index in [1.165, 1.54) is 0 Å². The number of ether oxygens (including phenoxy) is 1. The Hall–Kier alpha value is -1.13. The molecule has 0 saturated carbocycles. The molecular weight excluding hydrogens is 214 g/mol. The van der Waals surface area contributed by atoms with Crippen molar-refractivity contribution in [2.75, 3.05) is 20.7 Å². The lowest BCUT2D eigenvalue weighted by molar-refractivity contribution is 0.184. The lowest BCUT2D eigenvalue weighted by Gasteiger charge is -2.32. The van der Waals surface area contributed by atoms with E-state index >= 15 is 0 Å². The molecule has 0 aliphatic heterocycles. The predicted octanol–water partition coefficient (Wildman–Crippen LogP) is 1.82.